The Labute approximate surface area is 109 Å². The first kappa shape index (κ1) is 12.7. The first-order chi connectivity index (χ1) is 7.98. The van der Waals surface area contributed by atoms with Gasteiger partial charge in [-0.1, -0.05) is 17.7 Å². The van der Waals surface area contributed by atoms with Gasteiger partial charge >= 0.3 is 0 Å². The number of halogens is 2. The minimum absolute atomic E-state index is 0.274. The van der Waals surface area contributed by atoms with Crippen LogP contribution >= 0.6 is 23.4 Å². The number of nitrogens with one attached hydrogen (secondary N) is 1. The highest BCUT2D eigenvalue weighted by Gasteiger charge is 2.24. The standard InChI is InChI=1S/C12H13ClFNOS/c1-12(2)6-11(15-16-12)17-7-8-9(13)4-3-5-10(8)14/h3-6,15H,7H2,1-2H3. The molecular formula is C12H13ClFNOS. The number of hydrogen-bond acceptors (Lipinski definition) is 3. The Morgan fingerprint density at radius 1 is 1.47 bits per heavy atom. The van der Waals surface area contributed by atoms with Crippen LogP contribution in [0.2, 0.25) is 5.02 Å². The Kier molecular flexibility index (Phi) is 3.66. The molecule has 0 atom stereocenters. The number of hydroxylamine groups is 1. The minimum Gasteiger partial charge on any atom is -0.265 e. The molecule has 1 aliphatic heterocycles. The van der Waals surface area contributed by atoms with E-state index in [1.807, 2.05) is 19.9 Å². The van der Waals surface area contributed by atoms with E-state index < -0.39 is 0 Å². The van der Waals surface area contributed by atoms with Gasteiger partial charge < -0.3 is 0 Å². The van der Waals surface area contributed by atoms with Gasteiger partial charge in [0.1, 0.15) is 11.4 Å². The van der Waals surface area contributed by atoms with Crippen molar-refractivity contribution >= 4 is 23.4 Å². The van der Waals surface area contributed by atoms with E-state index >= 15 is 0 Å². The molecule has 0 unspecified atom stereocenters. The molecule has 2 nitrogen and oxygen atoms in total. The van der Waals surface area contributed by atoms with Gasteiger partial charge in [-0.15, -0.1) is 11.8 Å². The van der Waals surface area contributed by atoms with Crippen LogP contribution in [0.15, 0.2) is 29.3 Å². The molecule has 0 saturated carbocycles. The van der Waals surface area contributed by atoms with Crippen LogP contribution < -0.4 is 5.48 Å². The summed E-state index contributed by atoms with van der Waals surface area (Å²) in [5, 5.41) is 1.34. The molecule has 1 heterocycles. The Morgan fingerprint density at radius 2 is 2.24 bits per heavy atom. The van der Waals surface area contributed by atoms with Crippen LogP contribution in [0.4, 0.5) is 4.39 Å². The van der Waals surface area contributed by atoms with E-state index in [1.165, 1.54) is 17.8 Å². The zero-order valence-electron chi connectivity index (χ0n) is 9.59. The molecule has 17 heavy (non-hydrogen) atoms. The van der Waals surface area contributed by atoms with E-state index in [9.17, 15) is 4.39 Å². The monoisotopic (exact) mass is 273 g/mol. The SMILES string of the molecule is CC1(C)C=C(SCc2c(F)cccc2Cl)NO1. The van der Waals surface area contributed by atoms with Gasteiger partial charge in [0, 0.05) is 16.3 Å². The molecule has 5 heteroatoms. The molecule has 1 aromatic carbocycles. The minimum atomic E-state index is -0.318. The molecule has 0 saturated heterocycles. The maximum absolute atomic E-state index is 13.5. The smallest absolute Gasteiger partial charge is 0.128 e. The molecule has 0 radical (unpaired) electrons. The fourth-order valence-electron chi connectivity index (χ4n) is 1.45. The van der Waals surface area contributed by atoms with Gasteiger partial charge in [-0.25, -0.2) is 4.39 Å². The third-order valence-corrected chi connectivity index (χ3v) is 3.63. The summed E-state index contributed by atoms with van der Waals surface area (Å²) in [5.41, 5.74) is 3.02. The van der Waals surface area contributed by atoms with Crippen LogP contribution in [-0.4, -0.2) is 5.60 Å². The fourth-order valence-corrected chi connectivity index (χ4v) is 2.82. The van der Waals surface area contributed by atoms with Gasteiger partial charge in [-0.3, -0.25) is 10.3 Å². The molecule has 0 amide bonds. The third kappa shape index (κ3) is 3.15. The maximum atomic E-state index is 13.5. The summed E-state index contributed by atoms with van der Waals surface area (Å²) in [5.74, 6) is 0.202. The normalized spacial score (nSPS) is 17.8. The lowest BCUT2D eigenvalue weighted by Gasteiger charge is -2.11. The van der Waals surface area contributed by atoms with Crippen LogP contribution in [-0.2, 0) is 10.6 Å². The summed E-state index contributed by atoms with van der Waals surface area (Å²) in [4.78, 5) is 5.31. The highest BCUT2D eigenvalue weighted by Crippen LogP contribution is 2.31. The van der Waals surface area contributed by atoms with Gasteiger partial charge in [-0.2, -0.15) is 0 Å². The van der Waals surface area contributed by atoms with E-state index in [1.54, 1.807) is 12.1 Å². The molecule has 1 aromatic rings. The van der Waals surface area contributed by atoms with Crippen molar-refractivity contribution in [1.29, 1.82) is 0 Å². The zero-order valence-corrected chi connectivity index (χ0v) is 11.2. The number of rotatable bonds is 3. The maximum Gasteiger partial charge on any atom is 0.128 e. The van der Waals surface area contributed by atoms with Gasteiger partial charge in [0.15, 0.2) is 0 Å². The highest BCUT2D eigenvalue weighted by molar-refractivity contribution is 8.02. The van der Waals surface area contributed by atoms with Crippen LogP contribution in [0, 0.1) is 5.82 Å². The molecule has 1 aliphatic rings. The van der Waals surface area contributed by atoms with Gasteiger partial charge in [-0.05, 0) is 32.1 Å². The van der Waals surface area contributed by atoms with Crippen molar-refractivity contribution in [2.45, 2.75) is 25.2 Å². The first-order valence-electron chi connectivity index (χ1n) is 5.20. The van der Waals surface area contributed by atoms with E-state index in [-0.39, 0.29) is 11.4 Å². The van der Waals surface area contributed by atoms with Crippen molar-refractivity contribution in [3.8, 4) is 0 Å². The van der Waals surface area contributed by atoms with Crippen molar-refractivity contribution in [2.75, 3.05) is 0 Å². The Hall–Kier alpha value is -0.710. The Bertz CT molecular complexity index is 442. The summed E-state index contributed by atoms with van der Waals surface area (Å²) in [7, 11) is 0. The lowest BCUT2D eigenvalue weighted by Crippen LogP contribution is -2.20. The molecule has 0 fully saturated rings. The van der Waals surface area contributed by atoms with Gasteiger partial charge in [0.05, 0.1) is 5.03 Å². The molecule has 0 aromatic heterocycles. The largest absolute Gasteiger partial charge is 0.265 e. The second-order valence-electron chi connectivity index (χ2n) is 4.31. The van der Waals surface area contributed by atoms with Crippen LogP contribution in [0.5, 0.6) is 0 Å². The van der Waals surface area contributed by atoms with Crippen molar-refractivity contribution < 1.29 is 9.23 Å². The molecular weight excluding hydrogens is 261 g/mol. The number of hydrogen-bond donors (Lipinski definition) is 1. The summed E-state index contributed by atoms with van der Waals surface area (Å²) >= 11 is 7.41. The molecule has 1 N–H and O–H groups in total. The summed E-state index contributed by atoms with van der Waals surface area (Å²) in [6.45, 7) is 3.90. The highest BCUT2D eigenvalue weighted by atomic mass is 35.5. The van der Waals surface area contributed by atoms with Gasteiger partial charge in [0.2, 0.25) is 0 Å². The quantitative estimate of drug-likeness (QED) is 0.903. The van der Waals surface area contributed by atoms with Crippen molar-refractivity contribution in [1.82, 2.24) is 5.48 Å². The van der Waals surface area contributed by atoms with E-state index in [0.29, 0.717) is 16.3 Å². The lowest BCUT2D eigenvalue weighted by molar-refractivity contribution is -0.0126. The second-order valence-corrected chi connectivity index (χ2v) is 5.73. The summed E-state index contributed by atoms with van der Waals surface area (Å²) < 4.78 is 13.5. The Balaban J connectivity index is 2.04. The summed E-state index contributed by atoms with van der Waals surface area (Å²) in [6, 6.07) is 4.71. The second kappa shape index (κ2) is 4.88. The van der Waals surface area contributed by atoms with Crippen LogP contribution in [0.3, 0.4) is 0 Å². The van der Waals surface area contributed by atoms with E-state index in [0.717, 1.165) is 5.03 Å². The van der Waals surface area contributed by atoms with Crippen molar-refractivity contribution in [3.63, 3.8) is 0 Å². The molecule has 2 rings (SSSR count). The van der Waals surface area contributed by atoms with Gasteiger partial charge in [0.25, 0.3) is 0 Å². The first-order valence-corrected chi connectivity index (χ1v) is 6.57. The van der Waals surface area contributed by atoms with Crippen LogP contribution in [0.1, 0.15) is 19.4 Å². The molecule has 92 valence electrons. The molecule has 0 aliphatic carbocycles. The average Bonchev–Trinajstić information content (AvgIpc) is 2.57. The molecule has 0 spiro atoms. The molecule has 0 bridgehead atoms. The predicted octanol–water partition coefficient (Wildman–Crippen LogP) is 3.87. The summed E-state index contributed by atoms with van der Waals surface area (Å²) in [6.07, 6.45) is 1.96. The van der Waals surface area contributed by atoms with Crippen LogP contribution in [0.25, 0.3) is 0 Å². The number of benzene rings is 1. The van der Waals surface area contributed by atoms with Crippen molar-refractivity contribution in [2.24, 2.45) is 0 Å². The zero-order chi connectivity index (χ0) is 12.5. The number of thioether (sulfide) groups is 1. The third-order valence-electron chi connectivity index (χ3n) is 2.33. The topological polar surface area (TPSA) is 21.3 Å². The fraction of sp³-hybridized carbons (Fsp3) is 0.333. The van der Waals surface area contributed by atoms with Crippen molar-refractivity contribution in [3.05, 3.63) is 45.7 Å². The van der Waals surface area contributed by atoms with E-state index in [2.05, 4.69) is 5.48 Å². The lowest BCUT2D eigenvalue weighted by atomic mass is 10.1. The van der Waals surface area contributed by atoms with E-state index in [4.69, 9.17) is 16.4 Å². The predicted molar refractivity (Wildman–Crippen MR) is 69.1 cm³/mol. The average molecular weight is 274 g/mol. The Morgan fingerprint density at radius 3 is 2.82 bits per heavy atom.